The molecule has 1 aliphatic heterocycles. The van der Waals surface area contributed by atoms with Gasteiger partial charge < -0.3 is 9.72 Å². The monoisotopic (exact) mass is 506 g/mol. The molecule has 5 heteroatoms. The van der Waals surface area contributed by atoms with Crippen LogP contribution >= 0.6 is 34.2 Å². The predicted molar refractivity (Wildman–Crippen MR) is 123 cm³/mol. The second-order valence-electron chi connectivity index (χ2n) is 8.44. The maximum Gasteiger partial charge on any atom is 0.123 e. The fourth-order valence-corrected chi connectivity index (χ4v) is 5.69. The first-order valence-electron chi connectivity index (χ1n) is 10.1. The Hall–Kier alpha value is -1.27. The van der Waals surface area contributed by atoms with Gasteiger partial charge in [-0.3, -0.25) is 0 Å². The Morgan fingerprint density at radius 2 is 2.07 bits per heavy atom. The summed E-state index contributed by atoms with van der Waals surface area (Å²) in [6, 6.07) is 12.7. The van der Waals surface area contributed by atoms with Crippen molar-refractivity contribution in [1.29, 1.82) is 0 Å². The first-order chi connectivity index (χ1) is 13.6. The van der Waals surface area contributed by atoms with Gasteiger partial charge in [-0.15, -0.1) is 0 Å². The number of benzene rings is 2. The highest BCUT2D eigenvalue weighted by Crippen LogP contribution is 2.51. The molecule has 2 heterocycles. The van der Waals surface area contributed by atoms with Crippen LogP contribution in [0.15, 0.2) is 36.4 Å². The number of nitrogens with zero attached hydrogens (tertiary/aromatic N) is 1. The van der Waals surface area contributed by atoms with E-state index in [9.17, 15) is 0 Å². The molecule has 28 heavy (non-hydrogen) atoms. The van der Waals surface area contributed by atoms with Crippen molar-refractivity contribution >= 4 is 45.2 Å². The second-order valence-corrected chi connectivity index (χ2v) is 9.64. The molecule has 2 aromatic carbocycles. The van der Waals surface area contributed by atoms with E-state index in [0.717, 1.165) is 38.7 Å². The smallest absolute Gasteiger partial charge is 0.123 e. The number of fused-ring (bicyclic) bond motifs is 3. The summed E-state index contributed by atoms with van der Waals surface area (Å²) >= 11 is 8.53. The lowest BCUT2D eigenvalue weighted by atomic mass is 9.65. The lowest BCUT2D eigenvalue weighted by Gasteiger charge is -2.38. The van der Waals surface area contributed by atoms with Gasteiger partial charge in [-0.1, -0.05) is 53.2 Å². The normalized spacial score (nSPS) is 25.0. The van der Waals surface area contributed by atoms with Crippen LogP contribution in [0.5, 0.6) is 5.75 Å². The van der Waals surface area contributed by atoms with Crippen LogP contribution in [0, 0.1) is 5.92 Å². The molecular weight excluding hydrogens is 483 g/mol. The van der Waals surface area contributed by atoms with Gasteiger partial charge in [0.25, 0.3) is 0 Å². The van der Waals surface area contributed by atoms with Crippen molar-refractivity contribution in [2.75, 3.05) is 6.61 Å². The number of nitrogens with one attached hydrogen (secondary N) is 1. The van der Waals surface area contributed by atoms with E-state index in [-0.39, 0.29) is 5.41 Å². The van der Waals surface area contributed by atoms with E-state index in [1.807, 2.05) is 18.2 Å². The largest absolute Gasteiger partial charge is 0.492 e. The van der Waals surface area contributed by atoms with Crippen LogP contribution in [0.2, 0.25) is 5.02 Å². The van der Waals surface area contributed by atoms with Gasteiger partial charge in [0.2, 0.25) is 0 Å². The van der Waals surface area contributed by atoms with Crippen molar-refractivity contribution in [1.82, 2.24) is 9.97 Å². The van der Waals surface area contributed by atoms with Gasteiger partial charge in [0.05, 0.1) is 17.6 Å². The molecule has 1 aliphatic carbocycles. The van der Waals surface area contributed by atoms with Gasteiger partial charge in [0.15, 0.2) is 0 Å². The average Bonchev–Trinajstić information content (AvgIpc) is 3.29. The zero-order valence-corrected chi connectivity index (χ0v) is 18.9. The second kappa shape index (κ2) is 7.21. The number of aromatic amines is 1. The van der Waals surface area contributed by atoms with E-state index in [0.29, 0.717) is 11.8 Å². The van der Waals surface area contributed by atoms with Crippen molar-refractivity contribution in [3.8, 4) is 5.75 Å². The quantitative estimate of drug-likeness (QED) is 0.314. The molecule has 3 aromatic rings. The maximum atomic E-state index is 6.13. The molecule has 5 rings (SSSR count). The van der Waals surface area contributed by atoms with Crippen molar-refractivity contribution < 1.29 is 4.74 Å². The van der Waals surface area contributed by atoms with E-state index in [2.05, 4.69) is 52.7 Å². The summed E-state index contributed by atoms with van der Waals surface area (Å²) in [5, 5.41) is 0.739. The van der Waals surface area contributed by atoms with Gasteiger partial charge in [-0.2, -0.15) is 0 Å². The minimum atomic E-state index is 0.219. The van der Waals surface area contributed by atoms with Crippen LogP contribution in [0.1, 0.15) is 55.5 Å². The van der Waals surface area contributed by atoms with Gasteiger partial charge in [-0.05, 0) is 61.4 Å². The van der Waals surface area contributed by atoms with E-state index >= 15 is 0 Å². The number of hydrogen-bond acceptors (Lipinski definition) is 2. The maximum absolute atomic E-state index is 6.13. The van der Waals surface area contributed by atoms with Crippen LogP contribution in [-0.2, 0) is 9.84 Å². The molecule has 1 atom stereocenters. The number of H-pyrrole nitrogens is 1. The number of ether oxygens (including phenoxy) is 1. The SMILES string of the molecule is C[C@@H](c1nc2cc(Cl)ccc2[nH]1)[C@H]1CC[C@]2(CC1)COc1cc(CI)ccc12. The van der Waals surface area contributed by atoms with Gasteiger partial charge >= 0.3 is 0 Å². The van der Waals surface area contributed by atoms with E-state index in [1.54, 1.807) is 0 Å². The Morgan fingerprint density at radius 3 is 2.86 bits per heavy atom. The molecule has 0 unspecified atom stereocenters. The molecule has 1 spiro atoms. The topological polar surface area (TPSA) is 37.9 Å². The number of aromatic nitrogens is 2. The summed E-state index contributed by atoms with van der Waals surface area (Å²) in [6.45, 7) is 3.16. The summed E-state index contributed by atoms with van der Waals surface area (Å²) in [4.78, 5) is 8.34. The average molecular weight is 507 g/mol. The van der Waals surface area contributed by atoms with E-state index in [4.69, 9.17) is 21.3 Å². The van der Waals surface area contributed by atoms with Crippen LogP contribution in [0.25, 0.3) is 11.0 Å². The van der Waals surface area contributed by atoms with Crippen LogP contribution in [0.4, 0.5) is 0 Å². The van der Waals surface area contributed by atoms with Gasteiger partial charge in [-0.25, -0.2) is 4.98 Å². The third-order valence-electron chi connectivity index (χ3n) is 6.86. The zero-order valence-electron chi connectivity index (χ0n) is 16.0. The summed E-state index contributed by atoms with van der Waals surface area (Å²) in [5.74, 6) is 3.29. The molecule has 0 amide bonds. The van der Waals surface area contributed by atoms with E-state index in [1.165, 1.54) is 36.8 Å². The van der Waals surface area contributed by atoms with Crippen LogP contribution in [-0.4, -0.2) is 16.6 Å². The third-order valence-corrected chi connectivity index (χ3v) is 7.98. The fourth-order valence-electron chi connectivity index (χ4n) is 5.05. The molecule has 2 aliphatic rings. The highest BCUT2D eigenvalue weighted by molar-refractivity contribution is 14.1. The number of alkyl halides is 1. The highest BCUT2D eigenvalue weighted by atomic mass is 127. The molecule has 1 fully saturated rings. The Morgan fingerprint density at radius 1 is 1.25 bits per heavy atom. The standard InChI is InChI=1S/C23H24ClIN2O/c1-14(22-26-19-5-3-17(24)11-20(19)27-22)16-6-8-23(9-7-16)13-28-21-10-15(12-25)2-4-18(21)23/h2-5,10-11,14,16H,6-9,12-13H2,1H3,(H,26,27)/t14-,16-,23-/m1/s1. The molecule has 1 aromatic heterocycles. The first-order valence-corrected chi connectivity index (χ1v) is 12.0. The zero-order chi connectivity index (χ0) is 19.3. The molecule has 1 N–H and O–H groups in total. The first kappa shape index (κ1) is 18.7. The Labute approximate surface area is 184 Å². The molecule has 0 radical (unpaired) electrons. The number of imidazole rings is 1. The molecule has 0 bridgehead atoms. The van der Waals surface area contributed by atoms with Gasteiger partial charge in [0, 0.05) is 26.3 Å². The Balaban J connectivity index is 1.33. The van der Waals surface area contributed by atoms with Crippen LogP contribution in [0.3, 0.4) is 0 Å². The molecular formula is C23H24ClIN2O. The highest BCUT2D eigenvalue weighted by Gasteiger charge is 2.44. The van der Waals surface area contributed by atoms with Crippen molar-refractivity contribution in [3.05, 3.63) is 58.4 Å². The molecule has 0 saturated heterocycles. The summed E-state index contributed by atoms with van der Waals surface area (Å²) in [5.41, 5.74) is 5.04. The minimum absolute atomic E-state index is 0.219. The third kappa shape index (κ3) is 3.13. The molecule has 146 valence electrons. The number of rotatable bonds is 3. The summed E-state index contributed by atoms with van der Waals surface area (Å²) in [6.07, 6.45) is 4.83. The van der Waals surface area contributed by atoms with Gasteiger partial charge in [0.1, 0.15) is 11.6 Å². The predicted octanol–water partition coefficient (Wildman–Crippen LogP) is 6.78. The molecule has 1 saturated carbocycles. The number of hydrogen-bond donors (Lipinski definition) is 1. The van der Waals surface area contributed by atoms with Crippen molar-refractivity contribution in [3.63, 3.8) is 0 Å². The fraction of sp³-hybridized carbons (Fsp3) is 0.435. The summed E-state index contributed by atoms with van der Waals surface area (Å²) in [7, 11) is 0. The summed E-state index contributed by atoms with van der Waals surface area (Å²) < 4.78 is 7.16. The number of halogens is 2. The Bertz CT molecular complexity index is 1020. The van der Waals surface area contributed by atoms with Crippen molar-refractivity contribution in [2.24, 2.45) is 5.92 Å². The molecule has 3 nitrogen and oxygen atoms in total. The van der Waals surface area contributed by atoms with Crippen molar-refractivity contribution in [2.45, 2.75) is 48.4 Å². The Kier molecular flexibility index (Phi) is 4.82. The lowest BCUT2D eigenvalue weighted by molar-refractivity contribution is 0.169. The minimum Gasteiger partial charge on any atom is -0.492 e. The van der Waals surface area contributed by atoms with Crippen LogP contribution < -0.4 is 4.74 Å². The van der Waals surface area contributed by atoms with E-state index < -0.39 is 0 Å². The lowest BCUT2D eigenvalue weighted by Crippen LogP contribution is -2.34.